The zero-order valence-electron chi connectivity index (χ0n) is 16.4. The Balaban J connectivity index is 1.33. The third-order valence-corrected chi connectivity index (χ3v) is 6.90. The number of benzene rings is 2. The fourth-order valence-corrected chi connectivity index (χ4v) is 4.66. The lowest BCUT2D eigenvalue weighted by molar-refractivity contribution is 0.0951. The van der Waals surface area contributed by atoms with E-state index in [0.29, 0.717) is 12.1 Å². The van der Waals surface area contributed by atoms with E-state index in [2.05, 4.69) is 15.1 Å². The second kappa shape index (κ2) is 9.25. The molecule has 1 amide bonds. The van der Waals surface area contributed by atoms with Crippen LogP contribution in [0.25, 0.3) is 5.69 Å². The number of nitrogens with one attached hydrogen (secondary N) is 2. The largest absolute Gasteiger partial charge is 0.348 e. The fraction of sp³-hybridized carbons (Fsp3) is 0.0909. The summed E-state index contributed by atoms with van der Waals surface area (Å²) < 4.78 is 29.2. The van der Waals surface area contributed by atoms with Gasteiger partial charge < -0.3 is 5.32 Å². The van der Waals surface area contributed by atoms with Crippen molar-refractivity contribution >= 4 is 27.3 Å². The van der Waals surface area contributed by atoms with Crippen molar-refractivity contribution < 1.29 is 13.2 Å². The predicted molar refractivity (Wildman–Crippen MR) is 120 cm³/mol. The van der Waals surface area contributed by atoms with Gasteiger partial charge in [-0.2, -0.15) is 5.10 Å². The van der Waals surface area contributed by atoms with Crippen molar-refractivity contribution in [3.63, 3.8) is 0 Å². The predicted octanol–water partition coefficient (Wildman–Crippen LogP) is 3.34. The highest BCUT2D eigenvalue weighted by molar-refractivity contribution is 7.89. The van der Waals surface area contributed by atoms with Crippen LogP contribution >= 0.6 is 11.3 Å². The van der Waals surface area contributed by atoms with E-state index < -0.39 is 10.0 Å². The molecule has 4 rings (SSSR count). The highest BCUT2D eigenvalue weighted by Crippen LogP contribution is 2.14. The molecule has 0 unspecified atom stereocenters. The third-order valence-electron chi connectivity index (χ3n) is 4.60. The molecule has 0 saturated carbocycles. The average molecular weight is 453 g/mol. The van der Waals surface area contributed by atoms with Crippen LogP contribution in [0.3, 0.4) is 0 Å². The summed E-state index contributed by atoms with van der Waals surface area (Å²) in [4.78, 5) is 13.5. The molecule has 0 saturated heterocycles. The van der Waals surface area contributed by atoms with Crippen LogP contribution < -0.4 is 10.0 Å². The molecule has 2 N–H and O–H groups in total. The summed E-state index contributed by atoms with van der Waals surface area (Å²) in [6.07, 6.45) is 3.57. The molecule has 0 spiro atoms. The second-order valence-electron chi connectivity index (χ2n) is 6.73. The zero-order valence-corrected chi connectivity index (χ0v) is 18.1. The summed E-state index contributed by atoms with van der Waals surface area (Å²) in [7, 11) is -3.64. The zero-order chi connectivity index (χ0) is 21.7. The number of rotatable bonds is 8. The number of carbonyl (C=O) groups is 1. The van der Waals surface area contributed by atoms with Crippen LogP contribution in [0.2, 0.25) is 0 Å². The summed E-state index contributed by atoms with van der Waals surface area (Å²) in [5.41, 5.74) is 2.27. The van der Waals surface area contributed by atoms with Gasteiger partial charge in [0.2, 0.25) is 10.0 Å². The van der Waals surface area contributed by atoms with Gasteiger partial charge in [-0.25, -0.2) is 17.8 Å². The highest BCUT2D eigenvalue weighted by atomic mass is 32.2. The first-order valence-corrected chi connectivity index (χ1v) is 11.9. The molecule has 7 nitrogen and oxygen atoms in total. The highest BCUT2D eigenvalue weighted by Gasteiger charge is 2.15. The number of carbonyl (C=O) groups excluding carboxylic acids is 1. The quantitative estimate of drug-likeness (QED) is 0.429. The van der Waals surface area contributed by atoms with Crippen LogP contribution in [0.5, 0.6) is 0 Å². The Hall–Kier alpha value is -3.27. The molecular formula is C22H20N4O3S2. The summed E-state index contributed by atoms with van der Waals surface area (Å²) >= 11 is 1.48. The lowest BCUT2D eigenvalue weighted by Crippen LogP contribution is -2.24. The minimum absolute atomic E-state index is 0.120. The number of nitrogens with zero attached hydrogens (tertiary/aromatic N) is 2. The third kappa shape index (κ3) is 5.26. The first kappa shape index (κ1) is 21.0. The van der Waals surface area contributed by atoms with Gasteiger partial charge >= 0.3 is 0 Å². The Morgan fingerprint density at radius 1 is 0.968 bits per heavy atom. The molecule has 158 valence electrons. The van der Waals surface area contributed by atoms with Crippen LogP contribution in [0.1, 0.15) is 20.8 Å². The number of amides is 1. The summed E-state index contributed by atoms with van der Waals surface area (Å²) in [5, 5.41) is 8.92. The Bertz CT molecular complexity index is 1230. The van der Waals surface area contributed by atoms with E-state index in [1.165, 1.54) is 35.6 Å². The molecule has 31 heavy (non-hydrogen) atoms. The van der Waals surface area contributed by atoms with Crippen LogP contribution in [0.15, 0.2) is 89.4 Å². The van der Waals surface area contributed by atoms with Gasteiger partial charge in [0.15, 0.2) is 0 Å². The minimum Gasteiger partial charge on any atom is -0.348 e. The minimum atomic E-state index is -3.64. The summed E-state index contributed by atoms with van der Waals surface area (Å²) in [6, 6.07) is 19.2. The lowest BCUT2D eigenvalue weighted by atomic mass is 10.2. The van der Waals surface area contributed by atoms with E-state index >= 15 is 0 Å². The van der Waals surface area contributed by atoms with Gasteiger partial charge in [0.1, 0.15) is 0 Å². The Kier molecular flexibility index (Phi) is 6.26. The van der Waals surface area contributed by atoms with Gasteiger partial charge in [-0.3, -0.25) is 4.79 Å². The molecule has 0 aliphatic heterocycles. The average Bonchev–Trinajstić information content (AvgIpc) is 3.51. The van der Waals surface area contributed by atoms with Crippen molar-refractivity contribution in [1.82, 2.24) is 19.8 Å². The van der Waals surface area contributed by atoms with E-state index in [0.717, 1.165) is 16.1 Å². The number of thiophene rings is 1. The molecule has 2 aromatic carbocycles. The van der Waals surface area contributed by atoms with Gasteiger partial charge in [0, 0.05) is 35.9 Å². The molecule has 2 aromatic heterocycles. The molecular weight excluding hydrogens is 432 g/mol. The number of hydrogen-bond donors (Lipinski definition) is 2. The SMILES string of the molecule is O=C(NCc1ccc(-n2cccn2)cc1)c1ccc(S(=O)(=O)NCc2cccs2)cc1. The maximum absolute atomic E-state index is 12.4. The maximum Gasteiger partial charge on any atom is 0.251 e. The Labute approximate surface area is 184 Å². The van der Waals surface area contributed by atoms with E-state index in [1.54, 1.807) is 10.9 Å². The van der Waals surface area contributed by atoms with Crippen LogP contribution in [-0.2, 0) is 23.1 Å². The van der Waals surface area contributed by atoms with E-state index in [4.69, 9.17) is 0 Å². The summed E-state index contributed by atoms with van der Waals surface area (Å²) in [6.45, 7) is 0.599. The molecule has 4 aromatic rings. The van der Waals surface area contributed by atoms with Gasteiger partial charge in [0.05, 0.1) is 10.6 Å². The van der Waals surface area contributed by atoms with Crippen LogP contribution in [0, 0.1) is 0 Å². The normalized spacial score (nSPS) is 11.4. The van der Waals surface area contributed by atoms with E-state index in [-0.39, 0.29) is 17.3 Å². The molecule has 0 aliphatic rings. The maximum atomic E-state index is 12.4. The molecule has 2 heterocycles. The van der Waals surface area contributed by atoms with Crippen molar-refractivity contribution in [1.29, 1.82) is 0 Å². The molecule has 0 bridgehead atoms. The number of sulfonamides is 1. The van der Waals surface area contributed by atoms with Crippen molar-refractivity contribution in [3.05, 3.63) is 101 Å². The van der Waals surface area contributed by atoms with Gasteiger partial charge in [-0.05, 0) is 59.5 Å². The molecule has 9 heteroatoms. The molecule has 0 radical (unpaired) electrons. The number of hydrogen-bond acceptors (Lipinski definition) is 5. The Morgan fingerprint density at radius 2 is 1.74 bits per heavy atom. The number of aromatic nitrogens is 2. The van der Waals surface area contributed by atoms with Crippen molar-refractivity contribution in [2.75, 3.05) is 0 Å². The summed E-state index contributed by atoms with van der Waals surface area (Å²) in [5.74, 6) is -0.272. The standard InChI is InChI=1S/C22H20N4O3S2/c27-22(23-15-17-4-8-19(9-5-17)26-13-2-12-24-26)18-6-10-21(11-7-18)31(28,29)25-16-20-3-1-14-30-20/h1-14,25H,15-16H2,(H,23,27). The van der Waals surface area contributed by atoms with Gasteiger partial charge in [0.25, 0.3) is 5.91 Å². The van der Waals surface area contributed by atoms with Crippen molar-refractivity contribution in [2.24, 2.45) is 0 Å². The Morgan fingerprint density at radius 3 is 2.39 bits per heavy atom. The van der Waals surface area contributed by atoms with E-state index in [1.807, 2.05) is 54.0 Å². The van der Waals surface area contributed by atoms with E-state index in [9.17, 15) is 13.2 Å². The van der Waals surface area contributed by atoms with Gasteiger partial charge in [-0.1, -0.05) is 18.2 Å². The van der Waals surface area contributed by atoms with Crippen molar-refractivity contribution in [2.45, 2.75) is 18.0 Å². The van der Waals surface area contributed by atoms with Gasteiger partial charge in [-0.15, -0.1) is 11.3 Å². The van der Waals surface area contributed by atoms with Crippen molar-refractivity contribution in [3.8, 4) is 5.69 Å². The molecule has 0 atom stereocenters. The van der Waals surface area contributed by atoms with Crippen LogP contribution in [0.4, 0.5) is 0 Å². The van der Waals surface area contributed by atoms with Crippen LogP contribution in [-0.4, -0.2) is 24.1 Å². The monoisotopic (exact) mass is 452 g/mol. The smallest absolute Gasteiger partial charge is 0.251 e. The first-order valence-electron chi connectivity index (χ1n) is 9.50. The first-order chi connectivity index (χ1) is 15.0. The second-order valence-corrected chi connectivity index (χ2v) is 9.53. The molecule has 0 aliphatic carbocycles. The fourth-order valence-electron chi connectivity index (χ4n) is 2.92. The molecule has 0 fully saturated rings. The lowest BCUT2D eigenvalue weighted by Gasteiger charge is -2.09. The topological polar surface area (TPSA) is 93.1 Å².